The summed E-state index contributed by atoms with van der Waals surface area (Å²) in [5, 5.41) is 12.8. The van der Waals surface area contributed by atoms with E-state index in [2.05, 4.69) is 46.0 Å². The van der Waals surface area contributed by atoms with Crippen LogP contribution >= 0.6 is 22.6 Å². The molecule has 10 heteroatoms. The maximum absolute atomic E-state index is 11.7. The molecular formula is C26H37IN4O5. The van der Waals surface area contributed by atoms with Crippen LogP contribution in [-0.4, -0.2) is 80.8 Å². The molecule has 1 aliphatic rings. The van der Waals surface area contributed by atoms with Crippen molar-refractivity contribution < 1.29 is 23.7 Å². The topological polar surface area (TPSA) is 85.2 Å². The summed E-state index contributed by atoms with van der Waals surface area (Å²) >= 11 is 2.16. The molecule has 1 fully saturated rings. The molecule has 198 valence electrons. The van der Waals surface area contributed by atoms with Gasteiger partial charge in [-0.25, -0.2) is 4.79 Å². The number of ether oxygens (including phenoxy) is 4. The Morgan fingerprint density at radius 2 is 2.14 bits per heavy atom. The highest BCUT2D eigenvalue weighted by Crippen LogP contribution is 2.23. The van der Waals surface area contributed by atoms with Gasteiger partial charge >= 0.3 is 5.97 Å². The van der Waals surface area contributed by atoms with Gasteiger partial charge in [-0.05, 0) is 80.0 Å². The summed E-state index contributed by atoms with van der Waals surface area (Å²) < 4.78 is 23.1. The van der Waals surface area contributed by atoms with Crippen molar-refractivity contribution in [2.75, 3.05) is 40.6 Å². The minimum atomic E-state index is -0.404. The van der Waals surface area contributed by atoms with E-state index in [0.29, 0.717) is 36.8 Å². The largest absolute Gasteiger partial charge is 0.490 e. The number of likely N-dealkylation sites (N-methyl/N-ethyl adjacent to an activating group) is 1. The zero-order valence-electron chi connectivity index (χ0n) is 21.6. The molecule has 1 heterocycles. The molecule has 0 bridgehead atoms. The summed E-state index contributed by atoms with van der Waals surface area (Å²) in [6.07, 6.45) is 6.58. The molecule has 1 aliphatic heterocycles. The highest BCUT2D eigenvalue weighted by Gasteiger charge is 2.24. The smallest absolute Gasteiger partial charge is 0.337 e. The van der Waals surface area contributed by atoms with Crippen LogP contribution in [0.1, 0.15) is 43.5 Å². The Morgan fingerprint density at radius 1 is 1.36 bits per heavy atom. The van der Waals surface area contributed by atoms with Crippen LogP contribution in [0.15, 0.2) is 53.3 Å². The lowest BCUT2D eigenvalue weighted by molar-refractivity contribution is -0.0904. The summed E-state index contributed by atoms with van der Waals surface area (Å²) in [7, 11) is 3.17. The van der Waals surface area contributed by atoms with Gasteiger partial charge in [0.1, 0.15) is 18.6 Å². The maximum Gasteiger partial charge on any atom is 0.337 e. The molecule has 0 amide bonds. The van der Waals surface area contributed by atoms with E-state index in [-0.39, 0.29) is 12.3 Å². The number of esters is 1. The van der Waals surface area contributed by atoms with E-state index in [9.17, 15) is 4.79 Å². The van der Waals surface area contributed by atoms with Crippen molar-refractivity contribution in [1.82, 2.24) is 10.0 Å². The van der Waals surface area contributed by atoms with E-state index in [1.807, 2.05) is 38.2 Å². The van der Waals surface area contributed by atoms with E-state index in [1.54, 1.807) is 23.2 Å². The van der Waals surface area contributed by atoms with Crippen LogP contribution in [0.4, 0.5) is 0 Å². The first-order valence-electron chi connectivity index (χ1n) is 11.9. The summed E-state index contributed by atoms with van der Waals surface area (Å²) in [5.41, 5.74) is 1.96. The molecule has 1 unspecified atom stereocenters. The van der Waals surface area contributed by atoms with Gasteiger partial charge in [0.15, 0.2) is 0 Å². The molecule has 0 saturated carbocycles. The van der Waals surface area contributed by atoms with Crippen LogP contribution in [-0.2, 0) is 14.2 Å². The Bertz CT molecular complexity index is 946. The van der Waals surface area contributed by atoms with E-state index < -0.39 is 5.97 Å². The highest BCUT2D eigenvalue weighted by molar-refractivity contribution is 14.1. The fraction of sp³-hybridized carbons (Fsp3) is 0.500. The molecule has 36 heavy (non-hydrogen) atoms. The molecule has 1 aromatic carbocycles. The van der Waals surface area contributed by atoms with Gasteiger partial charge in [0.2, 0.25) is 0 Å². The molecule has 0 aliphatic carbocycles. The number of hydrogen-bond donors (Lipinski definition) is 0. The van der Waals surface area contributed by atoms with Gasteiger partial charge in [0, 0.05) is 19.9 Å². The third kappa shape index (κ3) is 9.55. The van der Waals surface area contributed by atoms with Crippen LogP contribution in [0.5, 0.6) is 5.75 Å². The predicted octanol–water partition coefficient (Wildman–Crippen LogP) is 4.68. The van der Waals surface area contributed by atoms with Crippen molar-refractivity contribution in [3.63, 3.8) is 0 Å². The Morgan fingerprint density at radius 3 is 2.81 bits per heavy atom. The zero-order valence-corrected chi connectivity index (χ0v) is 23.8. The lowest BCUT2D eigenvalue weighted by Crippen LogP contribution is -2.42. The second kappa shape index (κ2) is 15.6. The van der Waals surface area contributed by atoms with Crippen LogP contribution in [0.25, 0.3) is 0 Å². The van der Waals surface area contributed by atoms with Gasteiger partial charge in [0.25, 0.3) is 0 Å². The minimum absolute atomic E-state index is 0.0803. The Balaban J connectivity index is 1.82. The van der Waals surface area contributed by atoms with Crippen molar-refractivity contribution in [3.8, 4) is 5.75 Å². The number of carbonyl (C=O) groups excluding carboxylic acids is 1. The third-order valence-corrected chi connectivity index (χ3v) is 6.35. The Hall–Kier alpha value is -2.44. The first kappa shape index (κ1) is 29.8. The zero-order chi connectivity index (χ0) is 26.5. The van der Waals surface area contributed by atoms with E-state index in [0.717, 1.165) is 35.2 Å². The number of hydrazone groups is 2. The normalized spacial score (nSPS) is 16.9. The standard InChI is InChI=1S/C26H37IN4O5/c1-7-19(2)29-31(25-10-8-9-13-36-25)20(3)17-28-30(5)21(4)18-34-14-15-35-24-16-22(26(32)33-6)11-12-23(24)27/h7,11-12,16-17,20,25H,1,4,8-10,13-15,18H2,2-3,5-6H3/b28-17-,29-19+/t20-,25?/m0/s1. The fourth-order valence-electron chi connectivity index (χ4n) is 3.27. The first-order valence-corrected chi connectivity index (χ1v) is 13.0. The molecule has 0 spiro atoms. The molecule has 1 saturated heterocycles. The molecule has 0 aromatic heterocycles. The number of methoxy groups -OCH3 is 1. The number of halogens is 1. The second-order valence-corrected chi connectivity index (χ2v) is 9.44. The van der Waals surface area contributed by atoms with Gasteiger partial charge < -0.3 is 18.9 Å². The molecule has 1 aromatic rings. The monoisotopic (exact) mass is 612 g/mol. The van der Waals surface area contributed by atoms with Gasteiger partial charge in [-0.2, -0.15) is 10.2 Å². The average molecular weight is 613 g/mol. The summed E-state index contributed by atoms with van der Waals surface area (Å²) in [5.74, 6) is 0.205. The number of hydrogen-bond acceptors (Lipinski definition) is 9. The van der Waals surface area contributed by atoms with Crippen LogP contribution in [0.3, 0.4) is 0 Å². The number of carbonyl (C=O) groups is 1. The highest BCUT2D eigenvalue weighted by atomic mass is 127. The van der Waals surface area contributed by atoms with E-state index in [1.165, 1.54) is 7.11 Å². The number of allylic oxidation sites excluding steroid dienone is 1. The summed E-state index contributed by atoms with van der Waals surface area (Å²) in [6, 6.07) is 5.09. The van der Waals surface area contributed by atoms with Crippen molar-refractivity contribution in [2.24, 2.45) is 10.2 Å². The Labute approximate surface area is 227 Å². The van der Waals surface area contributed by atoms with Crippen molar-refractivity contribution in [3.05, 3.63) is 52.3 Å². The number of nitrogens with zero attached hydrogens (tertiary/aromatic N) is 4. The fourth-order valence-corrected chi connectivity index (χ4v) is 3.76. The van der Waals surface area contributed by atoms with Gasteiger partial charge in [-0.15, -0.1) is 0 Å². The predicted molar refractivity (Wildman–Crippen MR) is 150 cm³/mol. The maximum atomic E-state index is 11.7. The average Bonchev–Trinajstić information content (AvgIpc) is 2.90. The lowest BCUT2D eigenvalue weighted by atomic mass is 10.1. The van der Waals surface area contributed by atoms with Crippen molar-refractivity contribution >= 4 is 40.5 Å². The lowest BCUT2D eigenvalue weighted by Gasteiger charge is -2.35. The molecule has 9 nitrogen and oxygen atoms in total. The number of benzene rings is 1. The van der Waals surface area contributed by atoms with E-state index in [4.69, 9.17) is 18.9 Å². The quantitative estimate of drug-likeness (QED) is 0.0992. The molecule has 2 rings (SSSR count). The SMILES string of the molecule is C=C/C(C)=N/N(C1CCCCO1)[C@@H](C)/C=N\N(C)C(=C)COCCOc1cc(C(=O)OC)ccc1I. The van der Waals surface area contributed by atoms with Crippen molar-refractivity contribution in [2.45, 2.75) is 45.4 Å². The number of rotatable bonds is 14. The molecule has 0 N–H and O–H groups in total. The van der Waals surface area contributed by atoms with Gasteiger partial charge in [-0.1, -0.05) is 13.2 Å². The first-order chi connectivity index (χ1) is 17.3. The van der Waals surface area contributed by atoms with Crippen LogP contribution < -0.4 is 4.74 Å². The van der Waals surface area contributed by atoms with E-state index >= 15 is 0 Å². The van der Waals surface area contributed by atoms with Gasteiger partial charge in [0.05, 0.1) is 46.9 Å². The van der Waals surface area contributed by atoms with Crippen molar-refractivity contribution in [1.29, 1.82) is 0 Å². The summed E-state index contributed by atoms with van der Waals surface area (Å²) in [6.45, 7) is 13.5. The minimum Gasteiger partial charge on any atom is -0.490 e. The molecule has 0 radical (unpaired) electrons. The Kier molecular flexibility index (Phi) is 12.9. The molecule has 2 atom stereocenters. The second-order valence-electron chi connectivity index (χ2n) is 8.28. The van der Waals surface area contributed by atoms with Gasteiger partial charge in [-0.3, -0.25) is 10.0 Å². The summed E-state index contributed by atoms with van der Waals surface area (Å²) in [4.78, 5) is 11.7. The molecular weight excluding hydrogens is 575 g/mol. The third-order valence-electron chi connectivity index (χ3n) is 5.46. The van der Waals surface area contributed by atoms with Crippen LogP contribution in [0, 0.1) is 3.57 Å². The van der Waals surface area contributed by atoms with Crippen LogP contribution in [0.2, 0.25) is 0 Å².